The third-order valence-corrected chi connectivity index (χ3v) is 4.57. The molecule has 3 N–H and O–H groups in total. The van der Waals surface area contributed by atoms with Crippen molar-refractivity contribution in [3.8, 4) is 0 Å². The lowest BCUT2D eigenvalue weighted by atomic mass is 10.0. The molecule has 0 fully saturated rings. The van der Waals surface area contributed by atoms with Crippen LogP contribution < -0.4 is 11.3 Å². The maximum absolute atomic E-state index is 5.76. The highest BCUT2D eigenvalue weighted by Gasteiger charge is 2.16. The number of aromatic nitrogens is 2. The molecule has 21 heavy (non-hydrogen) atoms. The zero-order valence-corrected chi connectivity index (χ0v) is 14.4. The van der Waals surface area contributed by atoms with Crippen molar-refractivity contribution in [3.63, 3.8) is 0 Å². The Morgan fingerprint density at radius 3 is 2.81 bits per heavy atom. The predicted molar refractivity (Wildman–Crippen MR) is 89.9 cm³/mol. The molecule has 4 nitrogen and oxygen atoms in total. The van der Waals surface area contributed by atoms with Crippen molar-refractivity contribution in [2.75, 3.05) is 0 Å². The zero-order chi connectivity index (χ0) is 15.4. The van der Waals surface area contributed by atoms with E-state index in [4.69, 9.17) is 5.84 Å². The minimum absolute atomic E-state index is 0.0413. The summed E-state index contributed by atoms with van der Waals surface area (Å²) in [5.74, 6) is 5.76. The van der Waals surface area contributed by atoms with Crippen molar-refractivity contribution >= 4 is 15.9 Å². The van der Waals surface area contributed by atoms with Crippen LogP contribution in [0.15, 0.2) is 34.9 Å². The van der Waals surface area contributed by atoms with Gasteiger partial charge in [-0.25, -0.2) is 0 Å². The van der Waals surface area contributed by atoms with E-state index in [1.807, 2.05) is 10.9 Å². The summed E-state index contributed by atoms with van der Waals surface area (Å²) in [5.41, 5.74) is 6.34. The monoisotopic (exact) mass is 350 g/mol. The number of halogens is 1. The van der Waals surface area contributed by atoms with Gasteiger partial charge in [-0.1, -0.05) is 40.5 Å². The van der Waals surface area contributed by atoms with E-state index in [0.717, 1.165) is 28.6 Å². The number of nitrogens with zero attached hydrogens (tertiary/aromatic N) is 2. The highest BCUT2D eigenvalue weighted by Crippen LogP contribution is 2.26. The van der Waals surface area contributed by atoms with Gasteiger partial charge in [-0.2, -0.15) is 5.10 Å². The first-order valence-corrected chi connectivity index (χ1v) is 8.10. The Balaban J connectivity index is 2.19. The van der Waals surface area contributed by atoms with Crippen LogP contribution in [0.2, 0.25) is 0 Å². The quantitative estimate of drug-likeness (QED) is 0.617. The fourth-order valence-electron chi connectivity index (χ4n) is 2.32. The van der Waals surface area contributed by atoms with Crippen molar-refractivity contribution in [3.05, 3.63) is 51.8 Å². The first-order chi connectivity index (χ1) is 10.0. The van der Waals surface area contributed by atoms with E-state index in [9.17, 15) is 0 Å². The number of hydrazine groups is 1. The van der Waals surface area contributed by atoms with Crippen LogP contribution in [0.4, 0.5) is 0 Å². The van der Waals surface area contributed by atoms with Crippen LogP contribution in [0.25, 0.3) is 0 Å². The molecular formula is C16H23BrN4. The van der Waals surface area contributed by atoms with Crippen LogP contribution >= 0.6 is 15.9 Å². The van der Waals surface area contributed by atoms with Crippen LogP contribution in [0.3, 0.4) is 0 Å². The van der Waals surface area contributed by atoms with Gasteiger partial charge in [0, 0.05) is 23.1 Å². The molecular weight excluding hydrogens is 328 g/mol. The fourth-order valence-corrected chi connectivity index (χ4v) is 2.84. The van der Waals surface area contributed by atoms with Crippen LogP contribution in [0.5, 0.6) is 0 Å². The molecule has 0 spiro atoms. The summed E-state index contributed by atoms with van der Waals surface area (Å²) in [4.78, 5) is 0. The Kier molecular flexibility index (Phi) is 5.56. The van der Waals surface area contributed by atoms with Gasteiger partial charge in [0.2, 0.25) is 0 Å². The first kappa shape index (κ1) is 16.2. The third kappa shape index (κ3) is 3.93. The number of rotatable bonds is 6. The van der Waals surface area contributed by atoms with Gasteiger partial charge in [-0.05, 0) is 38.0 Å². The van der Waals surface area contributed by atoms with Gasteiger partial charge in [-0.3, -0.25) is 16.0 Å². The molecule has 1 aromatic heterocycles. The summed E-state index contributed by atoms with van der Waals surface area (Å²) in [6.45, 7) is 6.42. The first-order valence-electron chi connectivity index (χ1n) is 7.31. The van der Waals surface area contributed by atoms with E-state index in [-0.39, 0.29) is 6.04 Å². The molecule has 2 atom stereocenters. The van der Waals surface area contributed by atoms with Gasteiger partial charge in [0.1, 0.15) is 0 Å². The standard InChI is InChI=1S/C16H23BrN4/c1-4-12(3)21-8-7-13(20-21)10-16(19-18)14-9-11(2)5-6-15(14)17/h5-9,12,16,19H,4,10,18H2,1-3H3. The second-order valence-electron chi connectivity index (χ2n) is 5.49. The topological polar surface area (TPSA) is 55.9 Å². The zero-order valence-electron chi connectivity index (χ0n) is 12.8. The average Bonchev–Trinajstić information content (AvgIpc) is 2.95. The van der Waals surface area contributed by atoms with Gasteiger partial charge in [0.05, 0.1) is 11.7 Å². The molecule has 5 heteroatoms. The molecule has 0 aliphatic heterocycles. The molecule has 0 aliphatic carbocycles. The summed E-state index contributed by atoms with van der Waals surface area (Å²) >= 11 is 3.60. The normalized spacial score (nSPS) is 14.1. The number of aryl methyl sites for hydroxylation is 1. The molecule has 0 saturated heterocycles. The number of benzene rings is 1. The summed E-state index contributed by atoms with van der Waals surface area (Å²) in [6.07, 6.45) is 3.88. The van der Waals surface area contributed by atoms with Crippen molar-refractivity contribution in [2.24, 2.45) is 5.84 Å². The van der Waals surface area contributed by atoms with Crippen molar-refractivity contribution < 1.29 is 0 Å². The van der Waals surface area contributed by atoms with Gasteiger partial charge in [-0.15, -0.1) is 0 Å². The van der Waals surface area contributed by atoms with Crippen molar-refractivity contribution in [2.45, 2.75) is 45.7 Å². The molecule has 1 heterocycles. The summed E-state index contributed by atoms with van der Waals surface area (Å²) in [7, 11) is 0. The van der Waals surface area contributed by atoms with E-state index in [0.29, 0.717) is 6.04 Å². The predicted octanol–water partition coefficient (Wildman–Crippen LogP) is 3.67. The fraction of sp³-hybridized carbons (Fsp3) is 0.438. The Morgan fingerprint density at radius 1 is 1.38 bits per heavy atom. The van der Waals surface area contributed by atoms with Crippen molar-refractivity contribution in [1.82, 2.24) is 15.2 Å². The van der Waals surface area contributed by atoms with Gasteiger partial charge < -0.3 is 0 Å². The largest absolute Gasteiger partial charge is 0.271 e. The van der Waals surface area contributed by atoms with Crippen LogP contribution in [-0.4, -0.2) is 9.78 Å². The molecule has 114 valence electrons. The van der Waals surface area contributed by atoms with E-state index < -0.39 is 0 Å². The minimum Gasteiger partial charge on any atom is -0.271 e. The van der Waals surface area contributed by atoms with Crippen LogP contribution in [0, 0.1) is 6.92 Å². The van der Waals surface area contributed by atoms with E-state index in [2.05, 4.69) is 71.5 Å². The number of hydrogen-bond acceptors (Lipinski definition) is 3. The molecule has 0 aliphatic rings. The lowest BCUT2D eigenvalue weighted by molar-refractivity contribution is 0.467. The molecule has 1 aromatic carbocycles. The van der Waals surface area contributed by atoms with E-state index in [1.54, 1.807) is 0 Å². The minimum atomic E-state index is 0.0413. The summed E-state index contributed by atoms with van der Waals surface area (Å²) in [6, 6.07) is 8.83. The van der Waals surface area contributed by atoms with Gasteiger partial charge in [0.25, 0.3) is 0 Å². The lowest BCUT2D eigenvalue weighted by Gasteiger charge is -2.17. The van der Waals surface area contributed by atoms with Crippen LogP contribution in [0.1, 0.15) is 49.2 Å². The summed E-state index contributed by atoms with van der Waals surface area (Å²) in [5, 5.41) is 4.65. The SMILES string of the molecule is CCC(C)n1ccc(CC(NN)c2cc(C)ccc2Br)n1. The molecule has 2 unspecified atom stereocenters. The highest BCUT2D eigenvalue weighted by molar-refractivity contribution is 9.10. The molecule has 2 rings (SSSR count). The van der Waals surface area contributed by atoms with Crippen molar-refractivity contribution in [1.29, 1.82) is 0 Å². The van der Waals surface area contributed by atoms with Gasteiger partial charge >= 0.3 is 0 Å². The number of nitrogens with two attached hydrogens (primary N) is 1. The molecule has 0 bridgehead atoms. The molecule has 0 saturated carbocycles. The van der Waals surface area contributed by atoms with E-state index in [1.165, 1.54) is 5.56 Å². The molecule has 2 aromatic rings. The second-order valence-corrected chi connectivity index (χ2v) is 6.35. The van der Waals surface area contributed by atoms with Crippen LogP contribution in [-0.2, 0) is 6.42 Å². The number of hydrogen-bond donors (Lipinski definition) is 2. The Bertz CT molecular complexity index is 594. The Hall–Kier alpha value is -1.17. The maximum atomic E-state index is 5.76. The lowest BCUT2D eigenvalue weighted by Crippen LogP contribution is -2.30. The Labute approximate surface area is 134 Å². The smallest absolute Gasteiger partial charge is 0.0644 e. The average molecular weight is 351 g/mol. The third-order valence-electron chi connectivity index (χ3n) is 3.85. The number of nitrogens with one attached hydrogen (secondary N) is 1. The summed E-state index contributed by atoms with van der Waals surface area (Å²) < 4.78 is 3.09. The maximum Gasteiger partial charge on any atom is 0.0644 e. The molecule has 0 radical (unpaired) electrons. The Morgan fingerprint density at radius 2 is 2.14 bits per heavy atom. The highest BCUT2D eigenvalue weighted by atomic mass is 79.9. The van der Waals surface area contributed by atoms with Gasteiger partial charge in [0.15, 0.2) is 0 Å². The molecule has 0 amide bonds. The van der Waals surface area contributed by atoms with E-state index >= 15 is 0 Å². The second kappa shape index (κ2) is 7.20.